The summed E-state index contributed by atoms with van der Waals surface area (Å²) >= 11 is 2.12. The van der Waals surface area contributed by atoms with Crippen LogP contribution in [0, 0.1) is 3.57 Å². The van der Waals surface area contributed by atoms with E-state index in [1.807, 2.05) is 19.1 Å². The Bertz CT molecular complexity index is 1240. The lowest BCUT2D eigenvalue weighted by molar-refractivity contribution is -0.123. The van der Waals surface area contributed by atoms with Crippen LogP contribution in [0.1, 0.15) is 29.8 Å². The number of ether oxygens (including phenoxy) is 1. The third kappa shape index (κ3) is 6.78. The average molecular weight is 578 g/mol. The number of carbonyl (C=O) groups is 2. The molecular weight excluding hydrogens is 555 g/mol. The molecule has 0 radical (unpaired) electrons. The largest absolute Gasteiger partial charge is 0.449 e. The fourth-order valence-corrected chi connectivity index (χ4v) is 4.34. The number of sulfonamides is 1. The summed E-state index contributed by atoms with van der Waals surface area (Å²) in [5, 5.41) is 2.69. The number of hydrogen-bond acceptors (Lipinski definition) is 5. The van der Waals surface area contributed by atoms with Gasteiger partial charge in [0.15, 0.2) is 6.10 Å². The van der Waals surface area contributed by atoms with Gasteiger partial charge < -0.3 is 10.1 Å². The lowest BCUT2D eigenvalue weighted by Crippen LogP contribution is -2.30. The Balaban J connectivity index is 1.66. The van der Waals surface area contributed by atoms with Gasteiger partial charge in [-0.25, -0.2) is 13.2 Å². The van der Waals surface area contributed by atoms with Crippen molar-refractivity contribution in [2.45, 2.75) is 31.3 Å². The second kappa shape index (κ2) is 10.8. The highest BCUT2D eigenvalue weighted by Crippen LogP contribution is 2.19. The van der Waals surface area contributed by atoms with Crippen molar-refractivity contribution in [2.75, 3.05) is 10.0 Å². The van der Waals surface area contributed by atoms with E-state index in [1.165, 1.54) is 31.2 Å². The maximum atomic E-state index is 12.7. The summed E-state index contributed by atoms with van der Waals surface area (Å²) in [5.41, 5.74) is 2.15. The van der Waals surface area contributed by atoms with Crippen molar-refractivity contribution in [1.82, 2.24) is 0 Å². The van der Waals surface area contributed by atoms with Crippen LogP contribution in [-0.4, -0.2) is 26.4 Å². The van der Waals surface area contributed by atoms with Gasteiger partial charge in [0, 0.05) is 14.9 Å². The highest BCUT2D eigenvalue weighted by molar-refractivity contribution is 14.1. The monoisotopic (exact) mass is 578 g/mol. The number of aryl methyl sites for hydroxylation is 1. The minimum atomic E-state index is -3.91. The molecule has 0 bridgehead atoms. The zero-order valence-electron chi connectivity index (χ0n) is 18.0. The normalized spacial score (nSPS) is 12.0. The molecule has 33 heavy (non-hydrogen) atoms. The fourth-order valence-electron chi connectivity index (χ4n) is 2.87. The first-order valence-corrected chi connectivity index (χ1v) is 12.7. The van der Waals surface area contributed by atoms with Gasteiger partial charge in [-0.05, 0) is 96.1 Å². The summed E-state index contributed by atoms with van der Waals surface area (Å²) in [6.45, 7) is 3.49. The number of carbonyl (C=O) groups excluding carboxylic acids is 2. The van der Waals surface area contributed by atoms with E-state index >= 15 is 0 Å². The van der Waals surface area contributed by atoms with Crippen LogP contribution >= 0.6 is 22.6 Å². The first kappa shape index (κ1) is 24.7. The van der Waals surface area contributed by atoms with Crippen LogP contribution in [0.5, 0.6) is 0 Å². The van der Waals surface area contributed by atoms with Crippen LogP contribution in [0.4, 0.5) is 11.4 Å². The van der Waals surface area contributed by atoms with Crippen LogP contribution in [0.2, 0.25) is 0 Å². The van der Waals surface area contributed by atoms with E-state index in [2.05, 4.69) is 32.6 Å². The summed E-state index contributed by atoms with van der Waals surface area (Å²) < 4.78 is 34.1. The molecule has 1 atom stereocenters. The molecule has 0 unspecified atom stereocenters. The van der Waals surface area contributed by atoms with Crippen LogP contribution in [-0.2, 0) is 26.0 Å². The number of esters is 1. The highest BCUT2D eigenvalue weighted by Gasteiger charge is 2.21. The zero-order valence-corrected chi connectivity index (χ0v) is 21.0. The van der Waals surface area contributed by atoms with Gasteiger partial charge in [0.25, 0.3) is 15.9 Å². The smallest absolute Gasteiger partial charge is 0.338 e. The van der Waals surface area contributed by atoms with Gasteiger partial charge in [-0.2, -0.15) is 0 Å². The molecule has 0 heterocycles. The van der Waals surface area contributed by atoms with Gasteiger partial charge in [0.05, 0.1) is 10.5 Å². The van der Waals surface area contributed by atoms with Gasteiger partial charge in [-0.3, -0.25) is 9.52 Å². The summed E-state index contributed by atoms with van der Waals surface area (Å²) in [6.07, 6.45) is -0.189. The van der Waals surface area contributed by atoms with Crippen LogP contribution in [0.3, 0.4) is 0 Å². The van der Waals surface area contributed by atoms with Gasteiger partial charge in [-0.1, -0.05) is 25.1 Å². The molecule has 0 aromatic heterocycles. The Morgan fingerprint density at radius 3 is 2.24 bits per heavy atom. The molecule has 2 N–H and O–H groups in total. The molecule has 0 aliphatic carbocycles. The van der Waals surface area contributed by atoms with E-state index in [4.69, 9.17) is 4.74 Å². The van der Waals surface area contributed by atoms with Gasteiger partial charge in [0.2, 0.25) is 0 Å². The van der Waals surface area contributed by atoms with Gasteiger partial charge in [0.1, 0.15) is 0 Å². The SMILES string of the molecule is CCc1ccc(NC(=O)[C@@H](C)OC(=O)c2cccc(S(=O)(=O)Nc3ccc(I)cc3)c2)cc1. The van der Waals surface area contributed by atoms with E-state index in [0.717, 1.165) is 15.6 Å². The Labute approximate surface area is 206 Å². The number of benzene rings is 3. The van der Waals surface area contributed by atoms with Crippen molar-refractivity contribution in [2.24, 2.45) is 0 Å². The standard InChI is InChI=1S/C24H23IN2O5S/c1-3-17-7-11-20(12-8-17)26-23(28)16(2)32-24(29)18-5-4-6-22(15-18)33(30,31)27-21-13-9-19(25)10-14-21/h4-16,27H,3H2,1-2H3,(H,26,28)/t16-/m1/s1. The number of amides is 1. The average Bonchev–Trinajstić information content (AvgIpc) is 2.81. The molecule has 7 nitrogen and oxygen atoms in total. The molecule has 0 saturated heterocycles. The molecule has 1 amide bonds. The minimum Gasteiger partial charge on any atom is -0.449 e. The minimum absolute atomic E-state index is 0.0208. The zero-order chi connectivity index (χ0) is 24.0. The third-order valence-electron chi connectivity index (χ3n) is 4.76. The van der Waals surface area contributed by atoms with Crippen molar-refractivity contribution in [1.29, 1.82) is 0 Å². The topological polar surface area (TPSA) is 102 Å². The third-order valence-corrected chi connectivity index (χ3v) is 6.86. The molecule has 3 rings (SSSR count). The summed E-state index contributed by atoms with van der Waals surface area (Å²) in [6, 6.07) is 19.7. The summed E-state index contributed by atoms with van der Waals surface area (Å²) in [4.78, 5) is 24.9. The first-order valence-electron chi connectivity index (χ1n) is 10.2. The van der Waals surface area contributed by atoms with E-state index in [0.29, 0.717) is 11.4 Å². The molecule has 0 fully saturated rings. The number of halogens is 1. The Kier molecular flexibility index (Phi) is 8.09. The Morgan fingerprint density at radius 1 is 0.970 bits per heavy atom. The molecule has 172 valence electrons. The van der Waals surface area contributed by atoms with E-state index in [9.17, 15) is 18.0 Å². The fraction of sp³-hybridized carbons (Fsp3) is 0.167. The van der Waals surface area contributed by atoms with E-state index in [-0.39, 0.29) is 10.5 Å². The maximum Gasteiger partial charge on any atom is 0.338 e. The van der Waals surface area contributed by atoms with Gasteiger partial charge >= 0.3 is 5.97 Å². The van der Waals surface area contributed by atoms with Crippen molar-refractivity contribution in [3.63, 3.8) is 0 Å². The molecule has 0 spiro atoms. The van der Waals surface area contributed by atoms with E-state index < -0.39 is 28.0 Å². The van der Waals surface area contributed by atoms with Crippen molar-refractivity contribution >= 4 is 55.9 Å². The number of anilines is 2. The van der Waals surface area contributed by atoms with Crippen LogP contribution in [0.15, 0.2) is 77.7 Å². The molecule has 0 aliphatic heterocycles. The first-order chi connectivity index (χ1) is 15.7. The Hall–Kier alpha value is -2.92. The van der Waals surface area contributed by atoms with Crippen molar-refractivity contribution < 1.29 is 22.7 Å². The van der Waals surface area contributed by atoms with E-state index in [1.54, 1.807) is 36.4 Å². The number of nitrogens with one attached hydrogen (secondary N) is 2. The molecule has 9 heteroatoms. The quantitative estimate of drug-likeness (QED) is 0.295. The summed E-state index contributed by atoms with van der Waals surface area (Å²) in [7, 11) is -3.91. The lowest BCUT2D eigenvalue weighted by atomic mass is 10.1. The predicted octanol–water partition coefficient (Wildman–Crippen LogP) is 4.84. The number of rotatable bonds is 8. The Morgan fingerprint density at radius 2 is 1.61 bits per heavy atom. The predicted molar refractivity (Wildman–Crippen MR) is 136 cm³/mol. The molecule has 0 aliphatic rings. The molecule has 3 aromatic rings. The molecular formula is C24H23IN2O5S. The highest BCUT2D eigenvalue weighted by atomic mass is 127. The van der Waals surface area contributed by atoms with Crippen molar-refractivity contribution in [3.05, 3.63) is 87.5 Å². The second-order valence-corrected chi connectivity index (χ2v) is 10.2. The van der Waals surface area contributed by atoms with Crippen molar-refractivity contribution in [3.8, 4) is 0 Å². The van der Waals surface area contributed by atoms with Crippen LogP contribution in [0.25, 0.3) is 0 Å². The molecule has 0 saturated carbocycles. The summed E-state index contributed by atoms with van der Waals surface area (Å²) in [5.74, 6) is -1.29. The maximum absolute atomic E-state index is 12.7. The van der Waals surface area contributed by atoms with Gasteiger partial charge in [-0.15, -0.1) is 0 Å². The van der Waals surface area contributed by atoms with Crippen LogP contribution < -0.4 is 10.0 Å². The molecule has 3 aromatic carbocycles. The second-order valence-electron chi connectivity index (χ2n) is 7.23. The lowest BCUT2D eigenvalue weighted by Gasteiger charge is -2.14. The number of hydrogen-bond donors (Lipinski definition) is 2.